The largest absolute Gasteiger partial charge is 0.438 e. The Morgan fingerprint density at radius 2 is 1.88 bits per heavy atom. The Hall–Kier alpha value is -1.87. The van der Waals surface area contributed by atoms with Crippen molar-refractivity contribution in [1.29, 1.82) is 0 Å². The molecule has 1 atom stereocenters. The van der Waals surface area contributed by atoms with Crippen molar-refractivity contribution in [1.82, 2.24) is 4.98 Å². The van der Waals surface area contributed by atoms with E-state index in [0.29, 0.717) is 5.89 Å². The van der Waals surface area contributed by atoms with E-state index in [2.05, 4.69) is 4.98 Å². The first-order chi connectivity index (χ1) is 7.74. The lowest BCUT2D eigenvalue weighted by molar-refractivity contribution is 0.165. The highest BCUT2D eigenvalue weighted by atomic mass is 16.4. The SMILES string of the molecule is C[C@H](O)c1nc2cc3ccccc3cc2o1. The molecule has 0 amide bonds. The lowest BCUT2D eigenvalue weighted by Crippen LogP contribution is -1.88. The summed E-state index contributed by atoms with van der Waals surface area (Å²) in [6.45, 7) is 1.64. The Morgan fingerprint density at radius 1 is 1.19 bits per heavy atom. The molecule has 3 rings (SSSR count). The van der Waals surface area contributed by atoms with Gasteiger partial charge in [0.05, 0.1) is 0 Å². The molecule has 2 aromatic carbocycles. The standard InChI is InChI=1S/C13H11NO2/c1-8(15)13-14-11-6-9-4-2-3-5-10(9)7-12(11)16-13/h2-8,15H,1H3/t8-/m0/s1. The molecular formula is C13H11NO2. The third-order valence-electron chi connectivity index (χ3n) is 2.63. The lowest BCUT2D eigenvalue weighted by Gasteiger charge is -1.95. The van der Waals surface area contributed by atoms with Gasteiger partial charge >= 0.3 is 0 Å². The fourth-order valence-corrected chi connectivity index (χ4v) is 1.81. The molecule has 0 fully saturated rings. The topological polar surface area (TPSA) is 46.3 Å². The number of aromatic nitrogens is 1. The van der Waals surface area contributed by atoms with E-state index in [9.17, 15) is 5.11 Å². The molecule has 0 bridgehead atoms. The van der Waals surface area contributed by atoms with E-state index >= 15 is 0 Å². The summed E-state index contributed by atoms with van der Waals surface area (Å²) < 4.78 is 5.48. The van der Waals surface area contributed by atoms with Crippen LogP contribution in [0.25, 0.3) is 21.9 Å². The van der Waals surface area contributed by atoms with Gasteiger partial charge in [-0.1, -0.05) is 24.3 Å². The van der Waals surface area contributed by atoms with E-state index < -0.39 is 6.10 Å². The highest BCUT2D eigenvalue weighted by Gasteiger charge is 2.10. The summed E-state index contributed by atoms with van der Waals surface area (Å²) in [5.74, 6) is 0.366. The van der Waals surface area contributed by atoms with Crippen molar-refractivity contribution in [2.45, 2.75) is 13.0 Å². The molecule has 3 nitrogen and oxygen atoms in total. The summed E-state index contributed by atoms with van der Waals surface area (Å²) in [5, 5.41) is 11.6. The number of hydrogen-bond acceptors (Lipinski definition) is 3. The summed E-state index contributed by atoms with van der Waals surface area (Å²) in [6, 6.07) is 12.0. The van der Waals surface area contributed by atoms with Crippen LogP contribution in [0.4, 0.5) is 0 Å². The Bertz CT molecular complexity index is 603. The Morgan fingerprint density at radius 3 is 2.56 bits per heavy atom. The number of aliphatic hydroxyl groups is 1. The third-order valence-corrected chi connectivity index (χ3v) is 2.63. The predicted molar refractivity (Wildman–Crippen MR) is 62.1 cm³/mol. The molecule has 0 unspecified atom stereocenters. The average Bonchev–Trinajstić information content (AvgIpc) is 2.68. The van der Waals surface area contributed by atoms with E-state index in [-0.39, 0.29) is 0 Å². The molecule has 0 spiro atoms. The monoisotopic (exact) mass is 213 g/mol. The quantitative estimate of drug-likeness (QED) is 0.675. The van der Waals surface area contributed by atoms with Crippen molar-refractivity contribution in [2.75, 3.05) is 0 Å². The zero-order chi connectivity index (χ0) is 11.1. The van der Waals surface area contributed by atoms with Crippen LogP contribution in [0.2, 0.25) is 0 Å². The lowest BCUT2D eigenvalue weighted by atomic mass is 10.1. The molecule has 0 aliphatic carbocycles. The summed E-state index contributed by atoms with van der Waals surface area (Å²) in [5.41, 5.74) is 1.50. The molecule has 0 radical (unpaired) electrons. The molecular weight excluding hydrogens is 202 g/mol. The maximum atomic E-state index is 9.41. The molecule has 1 N–H and O–H groups in total. The van der Waals surface area contributed by atoms with Crippen LogP contribution in [0.15, 0.2) is 40.8 Å². The van der Waals surface area contributed by atoms with Gasteiger partial charge < -0.3 is 9.52 Å². The zero-order valence-corrected chi connectivity index (χ0v) is 8.84. The van der Waals surface area contributed by atoms with Gasteiger partial charge in [-0.05, 0) is 29.8 Å². The maximum absolute atomic E-state index is 9.41. The maximum Gasteiger partial charge on any atom is 0.224 e. The van der Waals surface area contributed by atoms with E-state index in [1.165, 1.54) is 0 Å². The van der Waals surface area contributed by atoms with Gasteiger partial charge in [0.2, 0.25) is 5.89 Å². The van der Waals surface area contributed by atoms with Crippen molar-refractivity contribution >= 4 is 21.9 Å². The van der Waals surface area contributed by atoms with E-state index in [0.717, 1.165) is 21.9 Å². The fourth-order valence-electron chi connectivity index (χ4n) is 1.81. The van der Waals surface area contributed by atoms with E-state index in [4.69, 9.17) is 4.42 Å². The van der Waals surface area contributed by atoms with E-state index in [1.807, 2.05) is 36.4 Å². The Kier molecular flexibility index (Phi) is 1.94. The van der Waals surface area contributed by atoms with Crippen LogP contribution >= 0.6 is 0 Å². The van der Waals surface area contributed by atoms with Gasteiger partial charge in [0.15, 0.2) is 5.58 Å². The molecule has 16 heavy (non-hydrogen) atoms. The summed E-state index contributed by atoms with van der Waals surface area (Å²) in [6.07, 6.45) is -0.671. The summed E-state index contributed by atoms with van der Waals surface area (Å²) in [7, 11) is 0. The molecule has 3 heteroatoms. The van der Waals surface area contributed by atoms with E-state index in [1.54, 1.807) is 6.92 Å². The van der Waals surface area contributed by atoms with Crippen LogP contribution in [0.5, 0.6) is 0 Å². The van der Waals surface area contributed by atoms with Crippen LogP contribution in [0, 0.1) is 0 Å². The molecule has 0 aliphatic rings. The number of rotatable bonds is 1. The minimum absolute atomic E-state index is 0.366. The van der Waals surface area contributed by atoms with Gasteiger partial charge in [-0.2, -0.15) is 0 Å². The average molecular weight is 213 g/mol. The highest BCUT2D eigenvalue weighted by Crippen LogP contribution is 2.25. The smallest absolute Gasteiger partial charge is 0.224 e. The zero-order valence-electron chi connectivity index (χ0n) is 8.84. The number of aliphatic hydroxyl groups excluding tert-OH is 1. The minimum Gasteiger partial charge on any atom is -0.438 e. The number of oxazole rings is 1. The van der Waals surface area contributed by atoms with Crippen LogP contribution in [0.3, 0.4) is 0 Å². The van der Waals surface area contributed by atoms with Crippen LogP contribution in [-0.2, 0) is 0 Å². The Balaban J connectivity index is 2.34. The Labute approximate surface area is 92.3 Å². The number of hydrogen-bond donors (Lipinski definition) is 1. The van der Waals surface area contributed by atoms with Gasteiger partial charge in [-0.3, -0.25) is 0 Å². The number of benzene rings is 2. The van der Waals surface area contributed by atoms with Crippen molar-refractivity contribution in [3.63, 3.8) is 0 Å². The van der Waals surface area contributed by atoms with Crippen LogP contribution in [0.1, 0.15) is 18.9 Å². The molecule has 3 aromatic rings. The fraction of sp³-hybridized carbons (Fsp3) is 0.154. The molecule has 1 heterocycles. The van der Waals surface area contributed by atoms with Gasteiger partial charge in [-0.25, -0.2) is 4.98 Å². The van der Waals surface area contributed by atoms with Crippen molar-refractivity contribution < 1.29 is 9.52 Å². The van der Waals surface area contributed by atoms with Crippen LogP contribution < -0.4 is 0 Å². The number of fused-ring (bicyclic) bond motifs is 2. The van der Waals surface area contributed by atoms with Gasteiger partial charge in [0, 0.05) is 0 Å². The predicted octanol–water partition coefficient (Wildman–Crippen LogP) is 3.03. The second-order valence-electron chi connectivity index (χ2n) is 3.90. The minimum atomic E-state index is -0.671. The molecule has 0 saturated heterocycles. The van der Waals surface area contributed by atoms with Crippen molar-refractivity contribution in [3.8, 4) is 0 Å². The first-order valence-corrected chi connectivity index (χ1v) is 5.21. The molecule has 0 saturated carbocycles. The molecule has 80 valence electrons. The molecule has 1 aromatic heterocycles. The molecule has 0 aliphatic heterocycles. The second kappa shape index (κ2) is 3.32. The van der Waals surface area contributed by atoms with Crippen molar-refractivity contribution in [2.24, 2.45) is 0 Å². The normalized spacial score (nSPS) is 13.4. The van der Waals surface area contributed by atoms with Gasteiger partial charge in [-0.15, -0.1) is 0 Å². The first kappa shape index (κ1) is 9.36. The summed E-state index contributed by atoms with van der Waals surface area (Å²) >= 11 is 0. The first-order valence-electron chi connectivity index (χ1n) is 5.21. The highest BCUT2D eigenvalue weighted by molar-refractivity contribution is 5.94. The van der Waals surface area contributed by atoms with Crippen molar-refractivity contribution in [3.05, 3.63) is 42.3 Å². The summed E-state index contributed by atoms with van der Waals surface area (Å²) in [4.78, 5) is 4.25. The van der Waals surface area contributed by atoms with Gasteiger partial charge in [0.1, 0.15) is 11.6 Å². The van der Waals surface area contributed by atoms with Gasteiger partial charge in [0.25, 0.3) is 0 Å². The second-order valence-corrected chi connectivity index (χ2v) is 3.90. The van der Waals surface area contributed by atoms with Crippen LogP contribution in [-0.4, -0.2) is 10.1 Å². The third kappa shape index (κ3) is 1.37. The number of nitrogens with zero attached hydrogens (tertiary/aromatic N) is 1.